The van der Waals surface area contributed by atoms with Crippen LogP contribution in [0, 0.1) is 4.77 Å². The Hall–Kier alpha value is -3.33. The van der Waals surface area contributed by atoms with Crippen molar-refractivity contribution in [3.63, 3.8) is 0 Å². The maximum Gasteiger partial charge on any atom is 0.262 e. The lowest BCUT2D eigenvalue weighted by Gasteiger charge is -2.31. The molecule has 4 aromatic rings. The molecule has 158 valence electrons. The highest BCUT2D eigenvalue weighted by molar-refractivity contribution is 7.71. The minimum Gasteiger partial charge on any atom is -0.343 e. The van der Waals surface area contributed by atoms with Crippen LogP contribution in [0.3, 0.4) is 0 Å². The van der Waals surface area contributed by atoms with E-state index in [4.69, 9.17) is 12.2 Å². The van der Waals surface area contributed by atoms with Gasteiger partial charge in [-0.1, -0.05) is 18.2 Å². The van der Waals surface area contributed by atoms with Crippen LogP contribution >= 0.6 is 12.2 Å². The Morgan fingerprint density at radius 2 is 1.87 bits per heavy atom. The van der Waals surface area contributed by atoms with Crippen LogP contribution in [0.25, 0.3) is 16.6 Å². The summed E-state index contributed by atoms with van der Waals surface area (Å²) in [6.07, 6.45) is 3.91. The summed E-state index contributed by atoms with van der Waals surface area (Å²) in [4.78, 5) is 30.5. The molecular formula is C22H22N6O2S. The first kappa shape index (κ1) is 19.6. The second-order valence-corrected chi connectivity index (χ2v) is 8.21. The summed E-state index contributed by atoms with van der Waals surface area (Å²) in [6.45, 7) is 1.61. The Morgan fingerprint density at radius 1 is 1.10 bits per heavy atom. The molecule has 0 saturated carbocycles. The van der Waals surface area contributed by atoms with E-state index in [2.05, 4.69) is 15.2 Å². The van der Waals surface area contributed by atoms with Crippen molar-refractivity contribution < 1.29 is 4.79 Å². The molecular weight excluding hydrogens is 412 g/mol. The zero-order valence-corrected chi connectivity index (χ0v) is 17.7. The van der Waals surface area contributed by atoms with Crippen molar-refractivity contribution in [1.29, 1.82) is 0 Å². The van der Waals surface area contributed by atoms with Crippen molar-refractivity contribution in [2.45, 2.75) is 31.7 Å². The summed E-state index contributed by atoms with van der Waals surface area (Å²) < 4.78 is 3.84. The molecule has 5 rings (SSSR count). The molecule has 0 unspecified atom stereocenters. The monoisotopic (exact) mass is 434 g/mol. The van der Waals surface area contributed by atoms with E-state index >= 15 is 0 Å². The number of rotatable bonds is 4. The van der Waals surface area contributed by atoms with E-state index in [0.29, 0.717) is 28.8 Å². The van der Waals surface area contributed by atoms with E-state index < -0.39 is 0 Å². The molecule has 9 heteroatoms. The van der Waals surface area contributed by atoms with Gasteiger partial charge in [0, 0.05) is 38.2 Å². The first-order valence-electron chi connectivity index (χ1n) is 10.4. The highest BCUT2D eigenvalue weighted by Crippen LogP contribution is 2.27. The number of hydrogen-bond acceptors (Lipinski definition) is 5. The molecule has 1 N–H and O–H groups in total. The van der Waals surface area contributed by atoms with Gasteiger partial charge in [0.05, 0.1) is 10.9 Å². The van der Waals surface area contributed by atoms with Crippen LogP contribution in [0.5, 0.6) is 0 Å². The van der Waals surface area contributed by atoms with Crippen LogP contribution < -0.4 is 5.56 Å². The second-order valence-electron chi connectivity index (χ2n) is 7.82. The molecule has 4 heterocycles. The van der Waals surface area contributed by atoms with E-state index in [9.17, 15) is 9.59 Å². The number of hydrogen-bond donors (Lipinski definition) is 1. The molecule has 0 radical (unpaired) electrons. The molecule has 1 amide bonds. The molecule has 1 saturated heterocycles. The molecule has 3 aromatic heterocycles. The lowest BCUT2D eigenvalue weighted by atomic mass is 9.95. The van der Waals surface area contributed by atoms with Crippen molar-refractivity contribution in [2.75, 3.05) is 13.1 Å². The number of nitrogens with one attached hydrogen (secondary N) is 1. The van der Waals surface area contributed by atoms with Crippen molar-refractivity contribution in [2.24, 2.45) is 0 Å². The number of benzene rings is 1. The van der Waals surface area contributed by atoms with Crippen molar-refractivity contribution in [3.05, 3.63) is 69.6 Å². The molecule has 1 aromatic carbocycles. The van der Waals surface area contributed by atoms with Gasteiger partial charge in [0.2, 0.25) is 5.91 Å². The number of piperidine rings is 1. The van der Waals surface area contributed by atoms with Gasteiger partial charge in [0.1, 0.15) is 5.82 Å². The molecule has 1 aliphatic rings. The Bertz CT molecular complexity index is 1380. The van der Waals surface area contributed by atoms with Crippen molar-refractivity contribution >= 4 is 34.7 Å². The Kier molecular flexibility index (Phi) is 5.11. The van der Waals surface area contributed by atoms with Gasteiger partial charge in [-0.25, -0.2) is 0 Å². The fourth-order valence-electron chi connectivity index (χ4n) is 4.29. The summed E-state index contributed by atoms with van der Waals surface area (Å²) in [6, 6.07) is 13.1. The third-order valence-electron chi connectivity index (χ3n) is 5.99. The number of amides is 1. The van der Waals surface area contributed by atoms with Gasteiger partial charge in [-0.05, 0) is 49.3 Å². The first-order chi connectivity index (χ1) is 15.1. The third kappa shape index (κ3) is 3.65. The summed E-state index contributed by atoms with van der Waals surface area (Å²) in [7, 11) is 0. The van der Waals surface area contributed by atoms with E-state index in [0.717, 1.165) is 24.3 Å². The Morgan fingerprint density at radius 3 is 2.71 bits per heavy atom. The standard InChI is InChI=1S/C22H22N6O2S/c29-19(10-14-28-21(30)16-5-1-2-6-17(16)23-22(28)31)26-12-8-15(9-13-26)20-25-24-18-7-3-4-11-27(18)20/h1-7,11,15H,8-10,12-14H2,(H,23,31). The largest absolute Gasteiger partial charge is 0.343 e. The first-order valence-corrected chi connectivity index (χ1v) is 10.8. The average Bonchev–Trinajstić information content (AvgIpc) is 3.23. The Balaban J connectivity index is 1.24. The summed E-state index contributed by atoms with van der Waals surface area (Å²) >= 11 is 5.34. The number of nitrogens with zero attached hydrogens (tertiary/aromatic N) is 5. The number of fused-ring (bicyclic) bond motifs is 2. The van der Waals surface area contributed by atoms with Gasteiger partial charge < -0.3 is 9.88 Å². The highest BCUT2D eigenvalue weighted by atomic mass is 32.1. The minimum atomic E-state index is -0.162. The number of H-pyrrole nitrogens is 1. The molecule has 1 aliphatic heterocycles. The number of aromatic nitrogens is 5. The fourth-order valence-corrected chi connectivity index (χ4v) is 4.58. The zero-order chi connectivity index (χ0) is 21.4. The van der Waals surface area contributed by atoms with Crippen LogP contribution in [-0.4, -0.2) is 48.0 Å². The number of carbonyl (C=O) groups is 1. The molecule has 31 heavy (non-hydrogen) atoms. The third-order valence-corrected chi connectivity index (χ3v) is 6.31. The lowest BCUT2D eigenvalue weighted by molar-refractivity contribution is -0.132. The lowest BCUT2D eigenvalue weighted by Crippen LogP contribution is -2.39. The van der Waals surface area contributed by atoms with Gasteiger partial charge in [0.15, 0.2) is 10.4 Å². The molecule has 0 bridgehead atoms. The van der Waals surface area contributed by atoms with E-state index in [1.54, 1.807) is 6.07 Å². The SMILES string of the molecule is O=C(CCn1c(=S)[nH]c2ccccc2c1=O)N1CCC(c2nnc3ccccn23)CC1. The quantitative estimate of drug-likeness (QED) is 0.499. The van der Waals surface area contributed by atoms with Crippen LogP contribution in [0.15, 0.2) is 53.5 Å². The number of para-hydroxylation sites is 1. The van der Waals surface area contributed by atoms with Crippen LogP contribution in [-0.2, 0) is 11.3 Å². The summed E-state index contributed by atoms with van der Waals surface area (Å²) in [5.41, 5.74) is 1.39. The van der Waals surface area contributed by atoms with Gasteiger partial charge in [-0.3, -0.25) is 18.6 Å². The topological polar surface area (TPSA) is 88.3 Å². The molecule has 0 atom stereocenters. The molecule has 1 fully saturated rings. The van der Waals surface area contributed by atoms with E-state index in [-0.39, 0.29) is 30.3 Å². The minimum absolute atomic E-state index is 0.0408. The maximum absolute atomic E-state index is 12.8. The van der Waals surface area contributed by atoms with Gasteiger partial charge >= 0.3 is 0 Å². The van der Waals surface area contributed by atoms with Crippen molar-refractivity contribution in [3.8, 4) is 0 Å². The molecule has 8 nitrogen and oxygen atoms in total. The van der Waals surface area contributed by atoms with Crippen molar-refractivity contribution in [1.82, 2.24) is 29.0 Å². The van der Waals surface area contributed by atoms with Gasteiger partial charge in [-0.15, -0.1) is 10.2 Å². The zero-order valence-electron chi connectivity index (χ0n) is 16.9. The predicted octanol–water partition coefficient (Wildman–Crippen LogP) is 2.90. The number of pyridine rings is 1. The smallest absolute Gasteiger partial charge is 0.262 e. The second kappa shape index (κ2) is 8.07. The van der Waals surface area contributed by atoms with Crippen LogP contribution in [0.2, 0.25) is 0 Å². The highest BCUT2D eigenvalue weighted by Gasteiger charge is 2.26. The van der Waals surface area contributed by atoms with Gasteiger partial charge in [0.25, 0.3) is 5.56 Å². The van der Waals surface area contributed by atoms with E-state index in [1.807, 2.05) is 51.9 Å². The maximum atomic E-state index is 12.8. The van der Waals surface area contributed by atoms with Gasteiger partial charge in [-0.2, -0.15) is 0 Å². The molecule has 0 aliphatic carbocycles. The number of likely N-dealkylation sites (tertiary alicyclic amines) is 1. The molecule has 0 spiro atoms. The average molecular weight is 435 g/mol. The van der Waals surface area contributed by atoms with Crippen LogP contribution in [0.1, 0.15) is 31.0 Å². The Labute approximate surface area is 183 Å². The summed E-state index contributed by atoms with van der Waals surface area (Å²) in [5.74, 6) is 1.27. The summed E-state index contributed by atoms with van der Waals surface area (Å²) in [5, 5.41) is 9.18. The van der Waals surface area contributed by atoms with E-state index in [1.165, 1.54) is 4.57 Å². The number of carbonyl (C=O) groups excluding carboxylic acids is 1. The fraction of sp³-hybridized carbons (Fsp3) is 0.318. The normalized spacial score (nSPS) is 15.0. The number of aromatic amines is 1. The predicted molar refractivity (Wildman–Crippen MR) is 120 cm³/mol. The van der Waals surface area contributed by atoms with Crippen LogP contribution in [0.4, 0.5) is 0 Å².